The van der Waals surface area contributed by atoms with Crippen molar-refractivity contribution in [3.63, 3.8) is 0 Å². The zero-order valence-electron chi connectivity index (χ0n) is 15.8. The number of rotatable bonds is 12. The third-order valence-corrected chi connectivity index (χ3v) is 5.01. The summed E-state index contributed by atoms with van der Waals surface area (Å²) in [4.78, 5) is 0. The van der Waals surface area contributed by atoms with Gasteiger partial charge in [-0.15, -0.1) is 0 Å². The van der Waals surface area contributed by atoms with E-state index in [2.05, 4.69) is 6.92 Å². The Morgan fingerprint density at radius 2 is 1.44 bits per heavy atom. The molecular formula is C20H31F3O2. The quantitative estimate of drug-likeness (QED) is 0.258. The maximum absolute atomic E-state index is 14.0. The van der Waals surface area contributed by atoms with Crippen molar-refractivity contribution in [3.05, 3.63) is 35.1 Å². The van der Waals surface area contributed by atoms with Crippen LogP contribution in [0.15, 0.2) is 12.1 Å². The van der Waals surface area contributed by atoms with Crippen LogP contribution in [0.5, 0.6) is 0 Å². The van der Waals surface area contributed by atoms with E-state index in [1.54, 1.807) is 21.1 Å². The molecule has 0 saturated heterocycles. The molecule has 1 atom stereocenters. The van der Waals surface area contributed by atoms with Crippen LogP contribution in [-0.4, -0.2) is 20.0 Å². The smallest absolute Gasteiger partial charge is 0.167 e. The SMILES string of the molecule is CCCCCCCCC(Cc1cc(F)c(F)cc1F)C(C)(OC)OC. The Labute approximate surface area is 149 Å². The summed E-state index contributed by atoms with van der Waals surface area (Å²) >= 11 is 0. The van der Waals surface area contributed by atoms with Gasteiger partial charge in [-0.05, 0) is 31.4 Å². The van der Waals surface area contributed by atoms with E-state index in [9.17, 15) is 13.2 Å². The van der Waals surface area contributed by atoms with E-state index >= 15 is 0 Å². The van der Waals surface area contributed by atoms with E-state index < -0.39 is 23.2 Å². The highest BCUT2D eigenvalue weighted by Crippen LogP contribution is 2.31. The van der Waals surface area contributed by atoms with E-state index in [1.807, 2.05) is 0 Å². The van der Waals surface area contributed by atoms with Gasteiger partial charge in [-0.2, -0.15) is 0 Å². The monoisotopic (exact) mass is 360 g/mol. The van der Waals surface area contributed by atoms with Crippen molar-refractivity contribution in [2.75, 3.05) is 14.2 Å². The maximum atomic E-state index is 14.0. The van der Waals surface area contributed by atoms with Gasteiger partial charge in [-0.3, -0.25) is 0 Å². The molecule has 144 valence electrons. The van der Waals surface area contributed by atoms with Crippen molar-refractivity contribution in [1.82, 2.24) is 0 Å². The lowest BCUT2D eigenvalue weighted by atomic mass is 9.86. The number of benzene rings is 1. The molecule has 0 amide bonds. The molecule has 0 aliphatic heterocycles. The van der Waals surface area contributed by atoms with Crippen LogP contribution in [0.2, 0.25) is 0 Å². The minimum Gasteiger partial charge on any atom is -0.353 e. The molecule has 0 radical (unpaired) electrons. The molecule has 1 unspecified atom stereocenters. The summed E-state index contributed by atoms with van der Waals surface area (Å²) in [5.41, 5.74) is 0.148. The molecule has 0 saturated carbocycles. The Balaban J connectivity index is 2.80. The molecule has 0 heterocycles. The Morgan fingerprint density at radius 1 is 0.880 bits per heavy atom. The van der Waals surface area contributed by atoms with Gasteiger partial charge in [0.25, 0.3) is 0 Å². The molecule has 2 nitrogen and oxygen atoms in total. The average Bonchev–Trinajstić information content (AvgIpc) is 2.60. The third kappa shape index (κ3) is 6.63. The van der Waals surface area contributed by atoms with Gasteiger partial charge in [-0.25, -0.2) is 13.2 Å². The lowest BCUT2D eigenvalue weighted by Gasteiger charge is -2.35. The van der Waals surface area contributed by atoms with Crippen molar-refractivity contribution in [2.45, 2.75) is 71.0 Å². The van der Waals surface area contributed by atoms with E-state index in [1.165, 1.54) is 19.3 Å². The molecule has 1 rings (SSSR count). The predicted molar refractivity (Wildman–Crippen MR) is 93.9 cm³/mol. The van der Waals surface area contributed by atoms with Gasteiger partial charge in [0.1, 0.15) is 5.82 Å². The van der Waals surface area contributed by atoms with Crippen LogP contribution in [0, 0.1) is 23.4 Å². The summed E-state index contributed by atoms with van der Waals surface area (Å²) < 4.78 is 51.7. The maximum Gasteiger partial charge on any atom is 0.167 e. The number of halogens is 3. The van der Waals surface area contributed by atoms with E-state index in [0.717, 1.165) is 31.7 Å². The van der Waals surface area contributed by atoms with Gasteiger partial charge in [0.05, 0.1) is 0 Å². The summed E-state index contributed by atoms with van der Waals surface area (Å²) in [6.07, 6.45) is 7.85. The largest absolute Gasteiger partial charge is 0.353 e. The van der Waals surface area contributed by atoms with Crippen LogP contribution in [-0.2, 0) is 15.9 Å². The number of hydrogen-bond donors (Lipinski definition) is 0. The number of ether oxygens (including phenoxy) is 2. The summed E-state index contributed by atoms with van der Waals surface area (Å²) in [6.45, 7) is 3.97. The van der Waals surface area contributed by atoms with Gasteiger partial charge in [0.15, 0.2) is 17.4 Å². The lowest BCUT2D eigenvalue weighted by molar-refractivity contribution is -0.228. The molecule has 0 aliphatic carbocycles. The van der Waals surface area contributed by atoms with Crippen LogP contribution in [0.4, 0.5) is 13.2 Å². The number of methoxy groups -OCH3 is 2. The first kappa shape index (κ1) is 22.0. The second-order valence-electron chi connectivity index (χ2n) is 6.74. The van der Waals surface area contributed by atoms with Crippen molar-refractivity contribution in [2.24, 2.45) is 5.92 Å². The van der Waals surface area contributed by atoms with Crippen LogP contribution in [0.3, 0.4) is 0 Å². The molecule has 0 N–H and O–H groups in total. The van der Waals surface area contributed by atoms with Gasteiger partial charge < -0.3 is 9.47 Å². The first-order chi connectivity index (χ1) is 11.9. The van der Waals surface area contributed by atoms with Gasteiger partial charge in [-0.1, -0.05) is 45.4 Å². The van der Waals surface area contributed by atoms with Crippen molar-refractivity contribution >= 4 is 0 Å². The number of hydrogen-bond acceptors (Lipinski definition) is 2. The van der Waals surface area contributed by atoms with Crippen molar-refractivity contribution in [3.8, 4) is 0 Å². The van der Waals surface area contributed by atoms with Gasteiger partial charge >= 0.3 is 0 Å². The first-order valence-electron chi connectivity index (χ1n) is 9.11. The van der Waals surface area contributed by atoms with E-state index in [-0.39, 0.29) is 17.9 Å². The first-order valence-corrected chi connectivity index (χ1v) is 9.11. The summed E-state index contributed by atoms with van der Waals surface area (Å²) in [7, 11) is 3.08. The fraction of sp³-hybridized carbons (Fsp3) is 0.700. The standard InChI is InChI=1S/C20H31F3O2/c1-5-6-7-8-9-10-11-16(20(2,24-3)25-4)12-15-13-18(22)19(23)14-17(15)21/h13-14,16H,5-12H2,1-4H3. The minimum atomic E-state index is -1.17. The summed E-state index contributed by atoms with van der Waals surface area (Å²) in [5.74, 6) is -4.00. The molecule has 0 fully saturated rings. The Morgan fingerprint density at radius 3 is 2.04 bits per heavy atom. The fourth-order valence-corrected chi connectivity index (χ4v) is 3.12. The van der Waals surface area contributed by atoms with E-state index in [0.29, 0.717) is 6.07 Å². The normalized spacial score (nSPS) is 13.2. The van der Waals surface area contributed by atoms with Crippen molar-refractivity contribution in [1.29, 1.82) is 0 Å². The second-order valence-corrected chi connectivity index (χ2v) is 6.74. The van der Waals surface area contributed by atoms with Gasteiger partial charge in [0.2, 0.25) is 0 Å². The Hall–Kier alpha value is -1.07. The Kier molecular flexibility index (Phi) is 9.51. The molecule has 0 bridgehead atoms. The lowest BCUT2D eigenvalue weighted by Crippen LogP contribution is -2.40. The highest BCUT2D eigenvalue weighted by Gasteiger charge is 2.34. The topological polar surface area (TPSA) is 18.5 Å². The third-order valence-electron chi connectivity index (χ3n) is 5.01. The second kappa shape index (κ2) is 10.8. The molecule has 1 aromatic carbocycles. The molecule has 1 aromatic rings. The Bertz CT molecular complexity index is 516. The molecule has 25 heavy (non-hydrogen) atoms. The van der Waals surface area contributed by atoms with Crippen LogP contribution >= 0.6 is 0 Å². The highest BCUT2D eigenvalue weighted by molar-refractivity contribution is 5.21. The van der Waals surface area contributed by atoms with Crippen LogP contribution < -0.4 is 0 Å². The summed E-state index contributed by atoms with van der Waals surface area (Å²) in [5, 5.41) is 0. The predicted octanol–water partition coefficient (Wildman–Crippen LogP) is 6.02. The van der Waals surface area contributed by atoms with Crippen LogP contribution in [0.1, 0.15) is 64.4 Å². The zero-order chi connectivity index (χ0) is 18.9. The van der Waals surface area contributed by atoms with Gasteiger partial charge in [0, 0.05) is 26.2 Å². The van der Waals surface area contributed by atoms with E-state index in [4.69, 9.17) is 9.47 Å². The molecule has 0 spiro atoms. The highest BCUT2D eigenvalue weighted by atomic mass is 19.2. The number of unbranched alkanes of at least 4 members (excludes halogenated alkanes) is 5. The van der Waals surface area contributed by atoms with Crippen molar-refractivity contribution < 1.29 is 22.6 Å². The van der Waals surface area contributed by atoms with Crippen LogP contribution in [0.25, 0.3) is 0 Å². The molecule has 0 aliphatic rings. The fourth-order valence-electron chi connectivity index (χ4n) is 3.12. The summed E-state index contributed by atoms with van der Waals surface area (Å²) in [6, 6.07) is 1.54. The molecule has 0 aromatic heterocycles. The zero-order valence-corrected chi connectivity index (χ0v) is 15.8. The molecular weight excluding hydrogens is 329 g/mol. The average molecular weight is 360 g/mol. The minimum absolute atomic E-state index is 0.148. The molecule has 5 heteroatoms.